The summed E-state index contributed by atoms with van der Waals surface area (Å²) in [5.41, 5.74) is 0. The number of carbonyl (C=O) groups excluding carboxylic acids is 2. The Hall–Kier alpha value is 1.45. The van der Waals surface area contributed by atoms with E-state index < -0.39 is 25.2 Å². The van der Waals surface area contributed by atoms with E-state index in [9.17, 15) is 0 Å². The van der Waals surface area contributed by atoms with E-state index in [-0.39, 0.29) is 105 Å². The normalized spacial score (nSPS) is 4.62. The summed E-state index contributed by atoms with van der Waals surface area (Å²) in [7, 11) is 0. The molecule has 0 aromatic rings. The third-order valence-electron chi connectivity index (χ3n) is 0.258. The molecule has 0 aliphatic heterocycles. The topological polar surface area (TPSA) is 247 Å². The van der Waals surface area contributed by atoms with Gasteiger partial charge in [-0.05, 0) is 0 Å². The van der Waals surface area contributed by atoms with E-state index in [1.807, 2.05) is 0 Å². The molecular formula is C4H14Ce2O10-2. The van der Waals surface area contributed by atoms with Crippen LogP contribution in [-0.4, -0.2) is 57.3 Å². The summed E-state index contributed by atoms with van der Waals surface area (Å²) in [5, 5.41) is 33.0. The zero-order chi connectivity index (χ0) is 8.57. The van der Waals surface area contributed by atoms with Crippen molar-refractivity contribution in [1.29, 1.82) is 0 Å². The molecule has 0 fully saturated rings. The minimum atomic E-state index is -1.44. The van der Waals surface area contributed by atoms with Crippen LogP contribution in [0.15, 0.2) is 0 Å². The van der Waals surface area contributed by atoms with Gasteiger partial charge in [0.25, 0.3) is 0 Å². The monoisotopic (exact) mass is 502 g/mol. The third-order valence-corrected chi connectivity index (χ3v) is 0.258. The molecule has 0 atom stereocenters. The van der Waals surface area contributed by atoms with Crippen molar-refractivity contribution in [2.45, 2.75) is 0 Å². The molecule has 0 aromatic carbocycles. The Morgan fingerprint density at radius 2 is 0.812 bits per heavy atom. The summed E-state index contributed by atoms with van der Waals surface area (Å²) in [4.78, 5) is 18.0. The predicted octanol–water partition coefficient (Wildman–Crippen LogP) is -7.84. The van der Waals surface area contributed by atoms with Gasteiger partial charge in [-0.1, -0.05) is 0 Å². The van der Waals surface area contributed by atoms with Crippen molar-refractivity contribution in [2.75, 3.05) is 13.2 Å². The molecule has 0 aliphatic carbocycles. The quantitative estimate of drug-likeness (QED) is 0.371. The van der Waals surface area contributed by atoms with Gasteiger partial charge in [-0.2, -0.15) is 0 Å². The van der Waals surface area contributed by atoms with Gasteiger partial charge in [0.2, 0.25) is 0 Å². The summed E-state index contributed by atoms with van der Waals surface area (Å²) < 4.78 is 0. The van der Waals surface area contributed by atoms with Crippen LogP contribution in [-0.2, 0) is 9.59 Å². The van der Waals surface area contributed by atoms with Crippen LogP contribution < -0.4 is 10.2 Å². The number of hydrogen-bond acceptors (Lipinski definition) is 6. The second-order valence-electron chi connectivity index (χ2n) is 1.06. The molecule has 0 amide bonds. The van der Waals surface area contributed by atoms with Crippen molar-refractivity contribution in [3.8, 4) is 0 Å². The summed E-state index contributed by atoms with van der Waals surface area (Å²) >= 11 is 0. The van der Waals surface area contributed by atoms with Crippen LogP contribution in [0.1, 0.15) is 0 Å². The molecule has 0 rings (SSSR count). The fourth-order valence-electron chi connectivity index (χ4n) is 0. The minimum absolute atomic E-state index is 0. The second kappa shape index (κ2) is 44.0. The van der Waals surface area contributed by atoms with Crippen molar-refractivity contribution in [1.82, 2.24) is 0 Å². The van der Waals surface area contributed by atoms with E-state index in [0.29, 0.717) is 0 Å². The molecule has 0 radical (unpaired) electrons. The molecular weight excluding hydrogens is 488 g/mol. The summed E-state index contributed by atoms with van der Waals surface area (Å²) in [6.07, 6.45) is 0. The van der Waals surface area contributed by atoms with Crippen LogP contribution in [0.25, 0.3) is 0 Å². The van der Waals surface area contributed by atoms with Crippen LogP contribution in [0.3, 0.4) is 0 Å². The van der Waals surface area contributed by atoms with Crippen molar-refractivity contribution in [3.63, 3.8) is 0 Å². The fourth-order valence-corrected chi connectivity index (χ4v) is 0. The molecule has 0 saturated heterocycles. The Kier molecular flexibility index (Phi) is 145. The molecule has 0 spiro atoms. The number of aliphatic hydroxyl groups is 2. The maximum atomic E-state index is 9.01. The number of carboxylic acids is 2. The van der Waals surface area contributed by atoms with Crippen LogP contribution in [0.4, 0.5) is 0 Å². The number of aliphatic hydroxyl groups excluding tert-OH is 2. The summed E-state index contributed by atoms with van der Waals surface area (Å²) in [6, 6.07) is 0. The van der Waals surface area contributed by atoms with Gasteiger partial charge in [0.1, 0.15) is 0 Å². The smallest absolute Gasteiger partial charge is 0.0826 e. The van der Waals surface area contributed by atoms with Gasteiger partial charge < -0.3 is 51.9 Å². The zero-order valence-corrected chi connectivity index (χ0v) is 14.2. The number of aliphatic carboxylic acids is 2. The average Bonchev–Trinajstić information content (AvgIpc) is 1.89. The molecule has 0 unspecified atom stereocenters. The Labute approximate surface area is 158 Å². The number of rotatable bonds is 2. The van der Waals surface area contributed by atoms with Crippen LogP contribution in [0.5, 0.6) is 0 Å². The van der Waals surface area contributed by atoms with Gasteiger partial charge >= 0.3 is 0 Å². The summed E-state index contributed by atoms with van der Waals surface area (Å²) in [6.45, 7) is -1.78. The van der Waals surface area contributed by atoms with Crippen molar-refractivity contribution in [3.05, 3.63) is 0 Å². The van der Waals surface area contributed by atoms with E-state index >= 15 is 0 Å². The molecule has 0 saturated carbocycles. The van der Waals surface area contributed by atoms with Gasteiger partial charge in [-0.15, -0.1) is 0 Å². The van der Waals surface area contributed by atoms with Gasteiger partial charge in [0, 0.05) is 83.5 Å². The Morgan fingerprint density at radius 1 is 0.750 bits per heavy atom. The van der Waals surface area contributed by atoms with Crippen molar-refractivity contribution >= 4 is 11.9 Å². The zero-order valence-electron chi connectivity index (χ0n) is 7.94. The minimum Gasteiger partial charge on any atom is -0.548 e. The van der Waals surface area contributed by atoms with E-state index in [4.69, 9.17) is 30.0 Å². The second-order valence-corrected chi connectivity index (χ2v) is 1.06. The fraction of sp³-hybridized carbons (Fsp3) is 0.500. The van der Waals surface area contributed by atoms with E-state index in [1.54, 1.807) is 0 Å². The molecule has 0 bridgehead atoms. The van der Waals surface area contributed by atoms with Gasteiger partial charge in [-0.3, -0.25) is 0 Å². The molecule has 12 heteroatoms. The number of carbonyl (C=O) groups is 2. The largest absolute Gasteiger partial charge is 0.548 e. The van der Waals surface area contributed by atoms with E-state index in [1.165, 1.54) is 0 Å². The molecule has 10 N–H and O–H groups in total. The summed E-state index contributed by atoms with van der Waals surface area (Å²) in [5.74, 6) is -2.88. The Balaban J connectivity index is -0.00000000970. The van der Waals surface area contributed by atoms with Gasteiger partial charge in [-0.25, -0.2) is 0 Å². The van der Waals surface area contributed by atoms with E-state index in [2.05, 4.69) is 0 Å². The molecule has 100 valence electrons. The molecule has 10 nitrogen and oxygen atoms in total. The molecule has 0 aromatic heterocycles. The maximum Gasteiger partial charge on any atom is 0.0826 e. The maximum absolute atomic E-state index is 9.01. The first kappa shape index (κ1) is 52.9. The van der Waals surface area contributed by atoms with Gasteiger partial charge in [0.15, 0.2) is 0 Å². The first-order valence-corrected chi connectivity index (χ1v) is 2.16. The molecule has 0 aliphatic rings. The van der Waals surface area contributed by atoms with Crippen LogP contribution in [0.2, 0.25) is 0 Å². The third kappa shape index (κ3) is 109. The van der Waals surface area contributed by atoms with Crippen LogP contribution in [0, 0.1) is 83.5 Å². The first-order valence-electron chi connectivity index (χ1n) is 2.16. The number of carboxylic acid groups (broad SMARTS) is 2. The van der Waals surface area contributed by atoms with Crippen LogP contribution >= 0.6 is 0 Å². The Morgan fingerprint density at radius 3 is 0.812 bits per heavy atom. The van der Waals surface area contributed by atoms with Crippen molar-refractivity contribution in [2.24, 2.45) is 0 Å². The number of hydrogen-bond donors (Lipinski definition) is 2. The SMILES string of the molecule is O.O.O.O.O=C([O-])CO.O=C([O-])CO.[Ce].[Ce]. The van der Waals surface area contributed by atoms with Crippen molar-refractivity contribution < 1.29 is 135 Å². The van der Waals surface area contributed by atoms with Gasteiger partial charge in [0.05, 0.1) is 25.2 Å². The molecule has 0 heterocycles. The predicted molar refractivity (Wildman–Crippen MR) is 38.6 cm³/mol. The van der Waals surface area contributed by atoms with E-state index in [0.717, 1.165) is 0 Å². The standard InChI is InChI=1S/2C2H4O3.2Ce.4H2O/c2*3-1-2(4)5;;;;;;/h2*3H,1H2,(H,4,5);;;4*1H2/p-2. The average molecular weight is 502 g/mol. The first-order chi connectivity index (χ1) is 4.54. The molecule has 16 heavy (non-hydrogen) atoms. The Bertz CT molecular complexity index is 105.